The van der Waals surface area contributed by atoms with E-state index in [0.29, 0.717) is 12.8 Å². The molecule has 1 fully saturated rings. The average Bonchev–Trinajstić information content (AvgIpc) is 2.66. The highest BCUT2D eigenvalue weighted by Gasteiger charge is 2.45. The summed E-state index contributed by atoms with van der Waals surface area (Å²) >= 11 is 0. The first-order chi connectivity index (χ1) is 9.03. The second-order valence-electron chi connectivity index (χ2n) is 5.80. The molecule has 1 saturated carbocycles. The molecule has 1 amide bonds. The third-order valence-corrected chi connectivity index (χ3v) is 3.69. The Labute approximate surface area is 115 Å². The predicted molar refractivity (Wildman–Crippen MR) is 65.9 cm³/mol. The number of carbonyl (C=O) groups is 2. The fourth-order valence-corrected chi connectivity index (χ4v) is 2.76. The quantitative estimate of drug-likeness (QED) is 0.867. The second kappa shape index (κ2) is 6.01. The number of aliphatic carboxylic acids is 1. The first kappa shape index (κ1) is 16.8. The lowest BCUT2D eigenvalue weighted by Gasteiger charge is -2.31. The Morgan fingerprint density at radius 2 is 1.75 bits per heavy atom. The molecule has 0 radical (unpaired) electrons. The van der Waals surface area contributed by atoms with Gasteiger partial charge in [-0.25, -0.2) is 0 Å². The summed E-state index contributed by atoms with van der Waals surface area (Å²) in [6, 6.07) is -0.616. The van der Waals surface area contributed by atoms with Gasteiger partial charge in [0, 0.05) is 6.04 Å². The van der Waals surface area contributed by atoms with Gasteiger partial charge in [-0.1, -0.05) is 6.92 Å². The maximum absolute atomic E-state index is 12.5. The number of alkyl halides is 3. The molecule has 1 unspecified atom stereocenters. The van der Waals surface area contributed by atoms with E-state index in [4.69, 9.17) is 5.11 Å². The van der Waals surface area contributed by atoms with Crippen molar-refractivity contribution in [2.45, 2.75) is 45.8 Å². The molecule has 0 saturated heterocycles. The van der Waals surface area contributed by atoms with Gasteiger partial charge < -0.3 is 10.0 Å². The molecule has 1 aliphatic rings. The van der Waals surface area contributed by atoms with Crippen LogP contribution in [-0.2, 0) is 9.59 Å². The van der Waals surface area contributed by atoms with Gasteiger partial charge in [0.15, 0.2) is 0 Å². The monoisotopic (exact) mass is 295 g/mol. The number of halogens is 3. The fourth-order valence-electron chi connectivity index (χ4n) is 2.76. The SMILES string of the molecule is CC1C[C@H](C(=O)N(CC(F)(F)F)C(C)C)[C@H](C(=O)O)C1. The van der Waals surface area contributed by atoms with Crippen LogP contribution >= 0.6 is 0 Å². The number of nitrogens with zero attached hydrogens (tertiary/aromatic N) is 1. The Hall–Kier alpha value is -1.27. The van der Waals surface area contributed by atoms with Crippen molar-refractivity contribution in [2.24, 2.45) is 17.8 Å². The summed E-state index contributed by atoms with van der Waals surface area (Å²) in [5.41, 5.74) is 0. The van der Waals surface area contributed by atoms with E-state index in [9.17, 15) is 22.8 Å². The summed E-state index contributed by atoms with van der Waals surface area (Å²) < 4.78 is 37.6. The number of hydrogen-bond acceptors (Lipinski definition) is 2. The van der Waals surface area contributed by atoms with Crippen molar-refractivity contribution in [3.63, 3.8) is 0 Å². The van der Waals surface area contributed by atoms with E-state index in [0.717, 1.165) is 4.90 Å². The van der Waals surface area contributed by atoms with Crippen molar-refractivity contribution >= 4 is 11.9 Å². The molecule has 4 nitrogen and oxygen atoms in total. The van der Waals surface area contributed by atoms with Gasteiger partial charge in [0.25, 0.3) is 0 Å². The van der Waals surface area contributed by atoms with Crippen molar-refractivity contribution in [3.8, 4) is 0 Å². The molecular formula is C13H20F3NO3. The number of rotatable bonds is 4. The van der Waals surface area contributed by atoms with Gasteiger partial charge in [0.2, 0.25) is 5.91 Å². The third-order valence-electron chi connectivity index (χ3n) is 3.69. The van der Waals surface area contributed by atoms with Crippen LogP contribution in [0.5, 0.6) is 0 Å². The molecule has 116 valence electrons. The molecule has 1 aliphatic carbocycles. The topological polar surface area (TPSA) is 57.6 Å². The summed E-state index contributed by atoms with van der Waals surface area (Å²) in [6.07, 6.45) is -3.82. The van der Waals surface area contributed by atoms with Crippen LogP contribution in [0.2, 0.25) is 0 Å². The lowest BCUT2D eigenvalue weighted by Crippen LogP contribution is -2.47. The lowest BCUT2D eigenvalue weighted by atomic mass is 9.94. The van der Waals surface area contributed by atoms with E-state index in [1.807, 2.05) is 6.92 Å². The van der Waals surface area contributed by atoms with Gasteiger partial charge in [0.05, 0.1) is 11.8 Å². The van der Waals surface area contributed by atoms with Crippen LogP contribution in [0.3, 0.4) is 0 Å². The van der Waals surface area contributed by atoms with Gasteiger partial charge >= 0.3 is 12.1 Å². The van der Waals surface area contributed by atoms with E-state index in [1.165, 1.54) is 13.8 Å². The Kier molecular flexibility index (Phi) is 5.05. The standard InChI is InChI=1S/C13H20F3NO3/c1-7(2)17(6-13(14,15)16)11(18)9-4-8(3)5-10(9)12(19)20/h7-10H,4-6H2,1-3H3,(H,19,20)/t8?,9-,10+/m0/s1. The third kappa shape index (κ3) is 4.11. The maximum atomic E-state index is 12.5. The predicted octanol–water partition coefficient (Wildman–Crippen LogP) is 2.53. The maximum Gasteiger partial charge on any atom is 0.406 e. The van der Waals surface area contributed by atoms with Crippen molar-refractivity contribution in [2.75, 3.05) is 6.54 Å². The molecule has 1 N–H and O–H groups in total. The molecule has 0 aromatic rings. The lowest BCUT2D eigenvalue weighted by molar-refractivity contribution is -0.169. The summed E-state index contributed by atoms with van der Waals surface area (Å²) in [7, 11) is 0. The Morgan fingerprint density at radius 3 is 2.15 bits per heavy atom. The summed E-state index contributed by atoms with van der Waals surface area (Å²) in [4.78, 5) is 24.2. The van der Waals surface area contributed by atoms with E-state index >= 15 is 0 Å². The summed E-state index contributed by atoms with van der Waals surface area (Å²) in [5, 5.41) is 9.11. The van der Waals surface area contributed by atoms with Crippen molar-refractivity contribution in [1.82, 2.24) is 4.90 Å². The normalized spacial score (nSPS) is 26.9. The van der Waals surface area contributed by atoms with Crippen molar-refractivity contribution in [1.29, 1.82) is 0 Å². The minimum absolute atomic E-state index is 0.0324. The number of amides is 1. The average molecular weight is 295 g/mol. The van der Waals surface area contributed by atoms with Crippen LogP contribution in [-0.4, -0.2) is 40.6 Å². The Balaban J connectivity index is 2.91. The molecule has 0 bridgehead atoms. The van der Waals surface area contributed by atoms with Gasteiger partial charge in [-0.2, -0.15) is 13.2 Å². The summed E-state index contributed by atoms with van der Waals surface area (Å²) in [6.45, 7) is 3.48. The highest BCUT2D eigenvalue weighted by Crippen LogP contribution is 2.38. The number of hydrogen-bond donors (Lipinski definition) is 1. The molecule has 0 aliphatic heterocycles. The van der Waals surface area contributed by atoms with Gasteiger partial charge in [-0.3, -0.25) is 9.59 Å². The zero-order chi connectivity index (χ0) is 15.7. The highest BCUT2D eigenvalue weighted by atomic mass is 19.4. The van der Waals surface area contributed by atoms with Gasteiger partial charge in [-0.15, -0.1) is 0 Å². The zero-order valence-electron chi connectivity index (χ0n) is 11.8. The molecule has 0 aromatic heterocycles. The fraction of sp³-hybridized carbons (Fsp3) is 0.846. The van der Waals surface area contributed by atoms with E-state index in [2.05, 4.69) is 0 Å². The largest absolute Gasteiger partial charge is 0.481 e. The van der Waals surface area contributed by atoms with Crippen molar-refractivity contribution in [3.05, 3.63) is 0 Å². The Bertz CT molecular complexity index is 382. The van der Waals surface area contributed by atoms with E-state index < -0.39 is 42.5 Å². The zero-order valence-corrected chi connectivity index (χ0v) is 11.8. The smallest absolute Gasteiger partial charge is 0.406 e. The Morgan fingerprint density at radius 1 is 1.25 bits per heavy atom. The van der Waals surface area contributed by atoms with E-state index in [1.54, 1.807) is 0 Å². The molecule has 0 heterocycles. The minimum atomic E-state index is -4.48. The summed E-state index contributed by atoms with van der Waals surface area (Å²) in [5.74, 6) is -3.51. The van der Waals surface area contributed by atoms with Crippen LogP contribution in [0.15, 0.2) is 0 Å². The van der Waals surface area contributed by atoms with Crippen LogP contribution < -0.4 is 0 Å². The van der Waals surface area contributed by atoms with Crippen LogP contribution in [0.4, 0.5) is 13.2 Å². The molecule has 7 heteroatoms. The molecule has 0 aromatic carbocycles. The second-order valence-corrected chi connectivity index (χ2v) is 5.80. The molecule has 1 rings (SSSR count). The minimum Gasteiger partial charge on any atom is -0.481 e. The first-order valence-electron chi connectivity index (χ1n) is 6.63. The highest BCUT2D eigenvalue weighted by molar-refractivity contribution is 5.85. The number of carboxylic acid groups (broad SMARTS) is 1. The van der Waals surface area contributed by atoms with Crippen LogP contribution in [0, 0.1) is 17.8 Å². The molecule has 0 spiro atoms. The number of carbonyl (C=O) groups excluding carboxylic acids is 1. The van der Waals surface area contributed by atoms with Gasteiger partial charge in [-0.05, 0) is 32.6 Å². The van der Waals surface area contributed by atoms with Crippen molar-refractivity contribution < 1.29 is 27.9 Å². The molecular weight excluding hydrogens is 275 g/mol. The van der Waals surface area contributed by atoms with Gasteiger partial charge in [0.1, 0.15) is 6.54 Å². The number of carboxylic acids is 1. The molecule has 3 atom stereocenters. The van der Waals surface area contributed by atoms with Crippen LogP contribution in [0.1, 0.15) is 33.6 Å². The first-order valence-corrected chi connectivity index (χ1v) is 6.63. The van der Waals surface area contributed by atoms with E-state index in [-0.39, 0.29) is 5.92 Å². The molecule has 20 heavy (non-hydrogen) atoms. The van der Waals surface area contributed by atoms with Crippen LogP contribution in [0.25, 0.3) is 0 Å².